The third kappa shape index (κ3) is 2.56. The molecule has 1 aliphatic carbocycles. The quantitative estimate of drug-likeness (QED) is 0.633. The predicted molar refractivity (Wildman–Crippen MR) is 92.7 cm³/mol. The fourth-order valence-corrected chi connectivity index (χ4v) is 5.52. The molecule has 4 rings (SSSR count). The molecule has 4 aliphatic rings. The summed E-state index contributed by atoms with van der Waals surface area (Å²) in [6.45, 7) is 3.27. The monoisotopic (exact) mass is 320 g/mol. The largest absolute Gasteiger partial charge is 0.374 e. The maximum atomic E-state index is 6.10. The van der Waals surface area contributed by atoms with Gasteiger partial charge in [-0.1, -0.05) is 12.8 Å². The van der Waals surface area contributed by atoms with Gasteiger partial charge in [0.2, 0.25) is 0 Å². The summed E-state index contributed by atoms with van der Waals surface area (Å²) in [5, 5.41) is 3.71. The molecule has 0 amide bonds. The van der Waals surface area contributed by atoms with Gasteiger partial charge in [0.1, 0.15) is 0 Å². The van der Waals surface area contributed by atoms with E-state index >= 15 is 0 Å². The molecule has 0 radical (unpaired) electrons. The van der Waals surface area contributed by atoms with Gasteiger partial charge in [0, 0.05) is 44.1 Å². The second kappa shape index (κ2) is 5.92. The van der Waals surface area contributed by atoms with E-state index in [0.717, 1.165) is 37.4 Å². The number of likely N-dealkylation sites (tertiary alicyclic amines) is 1. The van der Waals surface area contributed by atoms with Gasteiger partial charge in [-0.3, -0.25) is 4.99 Å². The Morgan fingerprint density at radius 1 is 1.17 bits per heavy atom. The van der Waals surface area contributed by atoms with Gasteiger partial charge in [-0.15, -0.1) is 0 Å². The van der Waals surface area contributed by atoms with Gasteiger partial charge in [-0.2, -0.15) is 0 Å². The van der Waals surface area contributed by atoms with Crippen molar-refractivity contribution in [2.45, 2.75) is 56.3 Å². The normalized spacial score (nSPS) is 38.6. The molecular weight excluding hydrogens is 288 g/mol. The summed E-state index contributed by atoms with van der Waals surface area (Å²) in [5.41, 5.74) is 0.313. The average molecular weight is 320 g/mol. The minimum Gasteiger partial charge on any atom is -0.374 e. The van der Waals surface area contributed by atoms with Crippen LogP contribution in [-0.2, 0) is 4.74 Å². The molecule has 4 fully saturated rings. The van der Waals surface area contributed by atoms with Crippen molar-refractivity contribution in [2.75, 3.05) is 40.8 Å². The number of hydrogen-bond donors (Lipinski definition) is 1. The summed E-state index contributed by atoms with van der Waals surface area (Å²) in [7, 11) is 6.38. The molecule has 3 aliphatic heterocycles. The lowest BCUT2D eigenvalue weighted by Crippen LogP contribution is -2.53. The molecule has 23 heavy (non-hydrogen) atoms. The lowest BCUT2D eigenvalue weighted by Gasteiger charge is -2.37. The van der Waals surface area contributed by atoms with E-state index in [-0.39, 0.29) is 0 Å². The first-order valence-electron chi connectivity index (χ1n) is 9.41. The predicted octanol–water partition coefficient (Wildman–Crippen LogP) is 1.55. The summed E-state index contributed by atoms with van der Waals surface area (Å²) in [5.74, 6) is 2.58. The number of rotatable bonds is 3. The Balaban J connectivity index is 1.38. The zero-order chi connectivity index (χ0) is 16.0. The van der Waals surface area contributed by atoms with E-state index in [1.54, 1.807) is 0 Å². The highest BCUT2D eigenvalue weighted by atomic mass is 16.5. The van der Waals surface area contributed by atoms with E-state index in [4.69, 9.17) is 4.74 Å². The fourth-order valence-electron chi connectivity index (χ4n) is 5.52. The average Bonchev–Trinajstić information content (AvgIpc) is 3.30. The summed E-state index contributed by atoms with van der Waals surface area (Å²) in [4.78, 5) is 9.50. The van der Waals surface area contributed by atoms with Crippen molar-refractivity contribution in [1.82, 2.24) is 15.1 Å². The minimum absolute atomic E-state index is 0.313. The Morgan fingerprint density at radius 2 is 1.78 bits per heavy atom. The first kappa shape index (κ1) is 15.7. The SMILES string of the molecule is CN=C(NCC1(N(C)C)CCCC1)N1CC2C3CCC(O3)C2C1. The van der Waals surface area contributed by atoms with Crippen LogP contribution < -0.4 is 5.32 Å². The van der Waals surface area contributed by atoms with Gasteiger partial charge in [0.05, 0.1) is 12.2 Å². The van der Waals surface area contributed by atoms with Crippen LogP contribution >= 0.6 is 0 Å². The summed E-state index contributed by atoms with van der Waals surface area (Å²) < 4.78 is 6.10. The molecule has 0 aromatic rings. The van der Waals surface area contributed by atoms with Crippen molar-refractivity contribution in [3.8, 4) is 0 Å². The van der Waals surface area contributed by atoms with Gasteiger partial charge in [0.25, 0.3) is 0 Å². The van der Waals surface area contributed by atoms with Crippen molar-refractivity contribution >= 4 is 5.96 Å². The second-order valence-corrected chi connectivity index (χ2v) is 8.25. The highest BCUT2D eigenvalue weighted by Gasteiger charge is 2.53. The molecular formula is C18H32N4O. The van der Waals surface area contributed by atoms with Crippen LogP contribution in [0.5, 0.6) is 0 Å². The summed E-state index contributed by atoms with van der Waals surface area (Å²) in [6, 6.07) is 0. The number of hydrogen-bond acceptors (Lipinski definition) is 3. The fraction of sp³-hybridized carbons (Fsp3) is 0.944. The Hall–Kier alpha value is -0.810. The van der Waals surface area contributed by atoms with Crippen LogP contribution in [0.4, 0.5) is 0 Å². The molecule has 0 aromatic carbocycles. The molecule has 3 heterocycles. The smallest absolute Gasteiger partial charge is 0.193 e. The van der Waals surface area contributed by atoms with Crippen LogP contribution in [0.1, 0.15) is 38.5 Å². The topological polar surface area (TPSA) is 40.1 Å². The zero-order valence-electron chi connectivity index (χ0n) is 14.9. The number of nitrogens with one attached hydrogen (secondary N) is 1. The minimum atomic E-state index is 0.313. The molecule has 4 unspecified atom stereocenters. The Morgan fingerprint density at radius 3 is 2.30 bits per heavy atom. The Bertz CT molecular complexity index is 454. The van der Waals surface area contributed by atoms with Crippen LogP contribution in [0.15, 0.2) is 4.99 Å². The van der Waals surface area contributed by atoms with E-state index in [1.165, 1.54) is 38.5 Å². The number of guanidine groups is 1. The molecule has 2 bridgehead atoms. The zero-order valence-corrected chi connectivity index (χ0v) is 14.9. The maximum Gasteiger partial charge on any atom is 0.193 e. The van der Waals surface area contributed by atoms with Crippen molar-refractivity contribution in [2.24, 2.45) is 16.8 Å². The molecule has 3 saturated heterocycles. The third-order valence-corrected chi connectivity index (χ3v) is 7.02. The van der Waals surface area contributed by atoms with Crippen molar-refractivity contribution < 1.29 is 4.74 Å². The molecule has 1 N–H and O–H groups in total. The molecule has 0 aromatic heterocycles. The van der Waals surface area contributed by atoms with Crippen LogP contribution in [-0.4, -0.2) is 74.3 Å². The highest BCUT2D eigenvalue weighted by molar-refractivity contribution is 5.80. The van der Waals surface area contributed by atoms with Gasteiger partial charge in [-0.05, 0) is 39.8 Å². The van der Waals surface area contributed by atoms with Crippen molar-refractivity contribution in [3.05, 3.63) is 0 Å². The number of nitrogens with zero attached hydrogens (tertiary/aromatic N) is 3. The van der Waals surface area contributed by atoms with E-state index < -0.39 is 0 Å². The Labute approximate surface area is 140 Å². The van der Waals surface area contributed by atoms with Gasteiger partial charge in [-0.25, -0.2) is 0 Å². The summed E-state index contributed by atoms with van der Waals surface area (Å²) in [6.07, 6.45) is 8.90. The second-order valence-electron chi connectivity index (χ2n) is 8.25. The van der Waals surface area contributed by atoms with E-state index in [9.17, 15) is 0 Å². The van der Waals surface area contributed by atoms with Gasteiger partial charge >= 0.3 is 0 Å². The molecule has 1 saturated carbocycles. The highest BCUT2D eigenvalue weighted by Crippen LogP contribution is 2.47. The Kier molecular flexibility index (Phi) is 4.04. The standard InChI is InChI=1S/C18H32N4O/c1-19-17(20-12-18(21(2)3)8-4-5-9-18)22-10-13-14(11-22)16-7-6-15(13)23-16/h13-16H,4-12H2,1-3H3,(H,19,20). The molecule has 4 atom stereocenters. The van der Waals surface area contributed by atoms with Gasteiger partial charge < -0.3 is 19.9 Å². The van der Waals surface area contributed by atoms with Crippen LogP contribution in [0, 0.1) is 11.8 Å². The first-order valence-corrected chi connectivity index (χ1v) is 9.41. The lowest BCUT2D eigenvalue weighted by atomic mass is 9.82. The third-order valence-electron chi connectivity index (χ3n) is 7.02. The first-order chi connectivity index (χ1) is 11.1. The molecule has 0 spiro atoms. The van der Waals surface area contributed by atoms with Gasteiger partial charge in [0.15, 0.2) is 5.96 Å². The summed E-state index contributed by atoms with van der Waals surface area (Å²) >= 11 is 0. The number of aliphatic imine (C=N–C) groups is 1. The van der Waals surface area contributed by atoms with E-state index in [0.29, 0.717) is 17.7 Å². The molecule has 5 heteroatoms. The lowest BCUT2D eigenvalue weighted by molar-refractivity contribution is 0.0765. The van der Waals surface area contributed by atoms with Crippen LogP contribution in [0.25, 0.3) is 0 Å². The molecule has 130 valence electrons. The number of likely N-dealkylation sites (N-methyl/N-ethyl adjacent to an activating group) is 1. The van der Waals surface area contributed by atoms with Crippen LogP contribution in [0.3, 0.4) is 0 Å². The van der Waals surface area contributed by atoms with Crippen molar-refractivity contribution in [1.29, 1.82) is 0 Å². The maximum absolute atomic E-state index is 6.10. The van der Waals surface area contributed by atoms with Crippen molar-refractivity contribution in [3.63, 3.8) is 0 Å². The molecule has 5 nitrogen and oxygen atoms in total. The number of fused-ring (bicyclic) bond motifs is 5. The number of ether oxygens (including phenoxy) is 1. The van der Waals surface area contributed by atoms with E-state index in [1.807, 2.05) is 7.05 Å². The van der Waals surface area contributed by atoms with E-state index in [2.05, 4.69) is 34.2 Å². The van der Waals surface area contributed by atoms with Crippen LogP contribution in [0.2, 0.25) is 0 Å².